The van der Waals surface area contributed by atoms with Crippen LogP contribution in [0.3, 0.4) is 0 Å². The molecule has 3 nitrogen and oxygen atoms in total. The maximum absolute atomic E-state index is 11.9. The van der Waals surface area contributed by atoms with Crippen LogP contribution in [0.1, 0.15) is 10.4 Å². The fourth-order valence-electron chi connectivity index (χ4n) is 1.89. The van der Waals surface area contributed by atoms with Crippen LogP contribution in [0.5, 0.6) is 0 Å². The van der Waals surface area contributed by atoms with E-state index in [4.69, 9.17) is 5.73 Å². The predicted molar refractivity (Wildman–Crippen MR) is 86.9 cm³/mol. The van der Waals surface area contributed by atoms with E-state index in [0.29, 0.717) is 13.0 Å². The van der Waals surface area contributed by atoms with E-state index in [1.54, 1.807) is 11.3 Å². The molecule has 106 valence electrons. The largest absolute Gasteiger partial charge is 0.354 e. The summed E-state index contributed by atoms with van der Waals surface area (Å²) in [6, 6.07) is 13.4. The van der Waals surface area contributed by atoms with E-state index >= 15 is 0 Å². The number of carbonyl (C=O) groups excluding carboxylic acids is 1. The van der Waals surface area contributed by atoms with Crippen molar-refractivity contribution in [2.24, 2.45) is 5.73 Å². The maximum atomic E-state index is 11.9. The first kappa shape index (κ1) is 15.2. The van der Waals surface area contributed by atoms with Gasteiger partial charge in [-0.05, 0) is 46.5 Å². The Morgan fingerprint density at radius 1 is 1.25 bits per heavy atom. The molecule has 0 aliphatic heterocycles. The van der Waals surface area contributed by atoms with Crippen LogP contribution in [-0.4, -0.2) is 18.5 Å². The first-order valence-electron chi connectivity index (χ1n) is 6.46. The van der Waals surface area contributed by atoms with Crippen LogP contribution in [0.2, 0.25) is 0 Å². The minimum Gasteiger partial charge on any atom is -0.354 e. The number of amides is 1. The number of thiophene rings is 1. The van der Waals surface area contributed by atoms with Gasteiger partial charge in [0.1, 0.15) is 0 Å². The second-order valence-corrected chi connectivity index (χ2v) is 7.09. The fourth-order valence-corrected chi connectivity index (χ4v) is 3.37. The van der Waals surface area contributed by atoms with Gasteiger partial charge in [-0.3, -0.25) is 4.79 Å². The van der Waals surface area contributed by atoms with Crippen molar-refractivity contribution in [1.29, 1.82) is 0 Å². The number of nitrogens with two attached hydrogens (primary N) is 1. The van der Waals surface area contributed by atoms with Crippen LogP contribution in [-0.2, 0) is 17.6 Å². The first-order valence-corrected chi connectivity index (χ1v) is 8.07. The molecule has 2 aromatic rings. The lowest BCUT2D eigenvalue weighted by Crippen LogP contribution is -2.42. The molecule has 0 bridgehead atoms. The highest BCUT2D eigenvalue weighted by molar-refractivity contribution is 9.11. The van der Waals surface area contributed by atoms with E-state index in [2.05, 4.69) is 27.3 Å². The van der Waals surface area contributed by atoms with E-state index in [1.807, 2.05) is 36.4 Å². The molecular formula is C15H17BrN2OS. The summed E-state index contributed by atoms with van der Waals surface area (Å²) >= 11 is 5.11. The molecule has 1 unspecified atom stereocenters. The Bertz CT molecular complexity index is 556. The summed E-state index contributed by atoms with van der Waals surface area (Å²) in [5, 5.41) is 2.89. The molecule has 0 saturated carbocycles. The Morgan fingerprint density at radius 3 is 2.65 bits per heavy atom. The molecule has 1 aromatic heterocycles. The third-order valence-corrected chi connectivity index (χ3v) is 4.62. The monoisotopic (exact) mass is 352 g/mol. The summed E-state index contributed by atoms with van der Waals surface area (Å²) in [5.74, 6) is -0.0931. The van der Waals surface area contributed by atoms with Crippen LogP contribution in [0.15, 0.2) is 46.3 Å². The number of hydrogen-bond acceptors (Lipinski definition) is 3. The van der Waals surface area contributed by atoms with E-state index in [9.17, 15) is 4.79 Å². The van der Waals surface area contributed by atoms with E-state index in [-0.39, 0.29) is 5.91 Å². The number of hydrogen-bond donors (Lipinski definition) is 2. The molecule has 3 N–H and O–H groups in total. The molecule has 0 fully saturated rings. The fraction of sp³-hybridized carbons (Fsp3) is 0.267. The zero-order valence-corrected chi connectivity index (χ0v) is 13.4. The van der Waals surface area contributed by atoms with Gasteiger partial charge < -0.3 is 11.1 Å². The smallest absolute Gasteiger partial charge is 0.237 e. The SMILES string of the molecule is NC(Cc1ccccc1)C(=O)NCCc1ccc(Br)s1. The standard InChI is InChI=1S/C15H17BrN2OS/c16-14-7-6-12(20-14)8-9-18-15(19)13(17)10-11-4-2-1-3-5-11/h1-7,13H,8-10,17H2,(H,18,19). The lowest BCUT2D eigenvalue weighted by molar-refractivity contribution is -0.122. The summed E-state index contributed by atoms with van der Waals surface area (Å²) in [7, 11) is 0. The molecule has 1 amide bonds. The minimum absolute atomic E-state index is 0.0931. The average Bonchev–Trinajstić information content (AvgIpc) is 2.85. The Hall–Kier alpha value is -1.17. The van der Waals surface area contributed by atoms with Crippen LogP contribution in [0.25, 0.3) is 0 Å². The van der Waals surface area contributed by atoms with Gasteiger partial charge >= 0.3 is 0 Å². The molecule has 0 radical (unpaired) electrons. The summed E-state index contributed by atoms with van der Waals surface area (Å²) < 4.78 is 1.11. The first-order chi connectivity index (χ1) is 9.65. The number of carbonyl (C=O) groups is 1. The van der Waals surface area contributed by atoms with Crippen LogP contribution in [0, 0.1) is 0 Å². The summed E-state index contributed by atoms with van der Waals surface area (Å²) in [4.78, 5) is 13.1. The number of benzene rings is 1. The van der Waals surface area contributed by atoms with Gasteiger partial charge in [-0.25, -0.2) is 0 Å². The van der Waals surface area contributed by atoms with Gasteiger partial charge in [0.15, 0.2) is 0 Å². The topological polar surface area (TPSA) is 55.1 Å². The molecule has 5 heteroatoms. The van der Waals surface area contributed by atoms with Gasteiger partial charge in [-0.1, -0.05) is 30.3 Å². The quantitative estimate of drug-likeness (QED) is 0.839. The third-order valence-electron chi connectivity index (χ3n) is 2.93. The van der Waals surface area contributed by atoms with E-state index in [1.165, 1.54) is 4.88 Å². The Balaban J connectivity index is 1.74. The Kier molecular flexibility index (Phi) is 5.76. The Labute approximate surface area is 131 Å². The normalized spacial score (nSPS) is 12.1. The predicted octanol–water partition coefficient (Wildman–Crippen LogP) is 2.74. The van der Waals surface area contributed by atoms with Gasteiger partial charge in [0.2, 0.25) is 5.91 Å². The third kappa shape index (κ3) is 4.74. The van der Waals surface area contributed by atoms with Crippen LogP contribution < -0.4 is 11.1 Å². The van der Waals surface area contributed by atoms with E-state index < -0.39 is 6.04 Å². The number of halogens is 1. The summed E-state index contributed by atoms with van der Waals surface area (Å²) in [6.07, 6.45) is 1.40. The van der Waals surface area contributed by atoms with Crippen LogP contribution >= 0.6 is 27.3 Å². The van der Waals surface area contributed by atoms with Crippen molar-refractivity contribution >= 4 is 33.2 Å². The van der Waals surface area contributed by atoms with Crippen molar-refractivity contribution in [2.75, 3.05) is 6.54 Å². The van der Waals surface area contributed by atoms with Crippen molar-refractivity contribution in [1.82, 2.24) is 5.32 Å². The molecule has 0 aliphatic rings. The molecule has 2 rings (SSSR count). The van der Waals surface area contributed by atoms with Crippen molar-refractivity contribution < 1.29 is 4.79 Å². The minimum atomic E-state index is -0.493. The van der Waals surface area contributed by atoms with Gasteiger partial charge in [0.05, 0.1) is 9.83 Å². The summed E-state index contributed by atoms with van der Waals surface area (Å²) in [5.41, 5.74) is 7.00. The van der Waals surface area contributed by atoms with Crippen LogP contribution in [0.4, 0.5) is 0 Å². The molecular weight excluding hydrogens is 336 g/mol. The molecule has 0 saturated heterocycles. The molecule has 0 aliphatic carbocycles. The number of nitrogens with one attached hydrogen (secondary N) is 1. The van der Waals surface area contributed by atoms with Gasteiger partial charge in [0, 0.05) is 11.4 Å². The molecule has 1 aromatic carbocycles. The van der Waals surface area contributed by atoms with E-state index in [0.717, 1.165) is 15.8 Å². The van der Waals surface area contributed by atoms with Crippen molar-refractivity contribution in [2.45, 2.75) is 18.9 Å². The second-order valence-electron chi connectivity index (χ2n) is 4.54. The van der Waals surface area contributed by atoms with Gasteiger partial charge in [-0.2, -0.15) is 0 Å². The maximum Gasteiger partial charge on any atom is 0.237 e. The van der Waals surface area contributed by atoms with Gasteiger partial charge in [-0.15, -0.1) is 11.3 Å². The zero-order valence-electron chi connectivity index (χ0n) is 11.0. The number of rotatable bonds is 6. The molecule has 0 spiro atoms. The molecule has 20 heavy (non-hydrogen) atoms. The average molecular weight is 353 g/mol. The highest BCUT2D eigenvalue weighted by Gasteiger charge is 2.13. The zero-order chi connectivity index (χ0) is 14.4. The van der Waals surface area contributed by atoms with Gasteiger partial charge in [0.25, 0.3) is 0 Å². The highest BCUT2D eigenvalue weighted by Crippen LogP contribution is 2.22. The van der Waals surface area contributed by atoms with Crippen molar-refractivity contribution in [3.05, 3.63) is 56.7 Å². The summed E-state index contributed by atoms with van der Waals surface area (Å²) in [6.45, 7) is 0.619. The second kappa shape index (κ2) is 7.57. The Morgan fingerprint density at radius 2 is 2.00 bits per heavy atom. The van der Waals surface area contributed by atoms with Crippen molar-refractivity contribution in [3.63, 3.8) is 0 Å². The lowest BCUT2D eigenvalue weighted by atomic mass is 10.1. The highest BCUT2D eigenvalue weighted by atomic mass is 79.9. The molecule has 1 heterocycles. The molecule has 1 atom stereocenters. The lowest BCUT2D eigenvalue weighted by Gasteiger charge is -2.12. The van der Waals surface area contributed by atoms with Crippen molar-refractivity contribution in [3.8, 4) is 0 Å².